The van der Waals surface area contributed by atoms with Gasteiger partial charge in [0.15, 0.2) is 5.96 Å². The van der Waals surface area contributed by atoms with Crippen molar-refractivity contribution < 1.29 is 14.2 Å². The first-order valence-corrected chi connectivity index (χ1v) is 9.54. The Morgan fingerprint density at radius 3 is 2.50 bits per heavy atom. The Labute approximate surface area is 158 Å². The van der Waals surface area contributed by atoms with Crippen LogP contribution >= 0.6 is 0 Å². The Morgan fingerprint density at radius 2 is 1.77 bits per heavy atom. The summed E-state index contributed by atoms with van der Waals surface area (Å²) in [5.41, 5.74) is 2.32. The van der Waals surface area contributed by atoms with Gasteiger partial charge in [0, 0.05) is 26.8 Å². The van der Waals surface area contributed by atoms with Crippen molar-refractivity contribution in [2.75, 3.05) is 46.6 Å². The Kier molecular flexibility index (Phi) is 13.5. The lowest BCUT2D eigenvalue weighted by Crippen LogP contribution is -2.39. The van der Waals surface area contributed by atoms with Crippen molar-refractivity contribution in [2.45, 2.75) is 39.8 Å². The quantitative estimate of drug-likeness (QED) is 0.301. The van der Waals surface area contributed by atoms with Gasteiger partial charge in [0.05, 0.1) is 33.0 Å². The van der Waals surface area contributed by atoms with Crippen molar-refractivity contribution in [3.63, 3.8) is 0 Å². The predicted molar refractivity (Wildman–Crippen MR) is 107 cm³/mol. The fourth-order valence-corrected chi connectivity index (χ4v) is 2.31. The van der Waals surface area contributed by atoms with Gasteiger partial charge in [-0.25, -0.2) is 4.99 Å². The molecule has 0 aromatic heterocycles. The Bertz CT molecular complexity index is 495. The minimum atomic E-state index is 0.620. The zero-order valence-corrected chi connectivity index (χ0v) is 16.6. The molecule has 0 saturated carbocycles. The Morgan fingerprint density at radius 1 is 1.00 bits per heavy atom. The highest BCUT2D eigenvalue weighted by Gasteiger charge is 1.99. The van der Waals surface area contributed by atoms with Gasteiger partial charge in [-0.2, -0.15) is 0 Å². The summed E-state index contributed by atoms with van der Waals surface area (Å²) >= 11 is 0. The summed E-state index contributed by atoms with van der Waals surface area (Å²) in [7, 11) is 1.71. The average molecular weight is 366 g/mol. The summed E-state index contributed by atoms with van der Waals surface area (Å²) in [4.78, 5) is 4.63. The second kappa shape index (κ2) is 15.6. The van der Waals surface area contributed by atoms with Crippen LogP contribution in [0.3, 0.4) is 0 Å². The maximum atomic E-state index is 5.56. The number of unbranched alkanes of at least 4 members (excludes halogenated alkanes) is 1. The monoisotopic (exact) mass is 365 g/mol. The van der Waals surface area contributed by atoms with Crippen LogP contribution in [-0.2, 0) is 27.4 Å². The highest BCUT2D eigenvalue weighted by atomic mass is 16.5. The fourth-order valence-electron chi connectivity index (χ4n) is 2.31. The highest BCUT2D eigenvalue weighted by Crippen LogP contribution is 2.07. The van der Waals surface area contributed by atoms with E-state index in [1.807, 2.05) is 6.07 Å². The molecule has 6 heteroatoms. The molecule has 0 unspecified atom stereocenters. The van der Waals surface area contributed by atoms with Crippen molar-refractivity contribution in [1.29, 1.82) is 0 Å². The van der Waals surface area contributed by atoms with Crippen LogP contribution < -0.4 is 10.6 Å². The fraction of sp³-hybridized carbons (Fsp3) is 0.650. The van der Waals surface area contributed by atoms with Gasteiger partial charge in [0.1, 0.15) is 0 Å². The van der Waals surface area contributed by atoms with Gasteiger partial charge in [-0.3, -0.25) is 0 Å². The maximum Gasteiger partial charge on any atom is 0.191 e. The smallest absolute Gasteiger partial charge is 0.191 e. The third-order valence-corrected chi connectivity index (χ3v) is 3.62. The number of benzene rings is 1. The van der Waals surface area contributed by atoms with E-state index in [0.717, 1.165) is 43.1 Å². The van der Waals surface area contributed by atoms with Gasteiger partial charge in [-0.05, 0) is 24.5 Å². The minimum Gasteiger partial charge on any atom is -0.380 e. The van der Waals surface area contributed by atoms with Gasteiger partial charge in [0.2, 0.25) is 0 Å². The normalized spacial score (nSPS) is 11.6. The summed E-state index contributed by atoms with van der Waals surface area (Å²) in [5, 5.41) is 6.54. The summed E-state index contributed by atoms with van der Waals surface area (Å²) < 4.78 is 16.2. The lowest BCUT2D eigenvalue weighted by atomic mass is 10.1. The summed E-state index contributed by atoms with van der Waals surface area (Å²) in [6, 6.07) is 8.30. The molecule has 0 heterocycles. The van der Waals surface area contributed by atoms with E-state index < -0.39 is 0 Å². The number of nitrogens with zero attached hydrogens (tertiary/aromatic N) is 1. The van der Waals surface area contributed by atoms with Crippen molar-refractivity contribution in [3.8, 4) is 0 Å². The number of rotatable bonds is 14. The molecule has 1 aromatic carbocycles. The van der Waals surface area contributed by atoms with Crippen LogP contribution in [0.5, 0.6) is 0 Å². The molecule has 0 aliphatic carbocycles. The molecule has 0 fully saturated rings. The van der Waals surface area contributed by atoms with E-state index >= 15 is 0 Å². The van der Waals surface area contributed by atoms with E-state index in [0.29, 0.717) is 39.5 Å². The average Bonchev–Trinajstić information content (AvgIpc) is 2.65. The zero-order valence-electron chi connectivity index (χ0n) is 16.6. The van der Waals surface area contributed by atoms with E-state index in [-0.39, 0.29) is 0 Å². The molecule has 0 radical (unpaired) electrons. The number of nitrogens with one attached hydrogen (secondary N) is 2. The molecule has 148 valence electrons. The minimum absolute atomic E-state index is 0.620. The molecule has 2 N–H and O–H groups in total. The van der Waals surface area contributed by atoms with E-state index in [1.165, 1.54) is 0 Å². The van der Waals surface area contributed by atoms with Crippen LogP contribution in [0.2, 0.25) is 0 Å². The van der Waals surface area contributed by atoms with Crippen LogP contribution in [0.4, 0.5) is 0 Å². The Hall–Kier alpha value is -1.63. The highest BCUT2D eigenvalue weighted by molar-refractivity contribution is 5.79. The zero-order chi connectivity index (χ0) is 18.9. The molecule has 1 aromatic rings. The number of guanidine groups is 1. The Balaban J connectivity index is 2.27. The van der Waals surface area contributed by atoms with Gasteiger partial charge in [-0.1, -0.05) is 37.6 Å². The number of hydrogen-bond acceptors (Lipinski definition) is 4. The molecule has 26 heavy (non-hydrogen) atoms. The number of hydrogen-bond donors (Lipinski definition) is 2. The lowest BCUT2D eigenvalue weighted by Gasteiger charge is -2.12. The lowest BCUT2D eigenvalue weighted by molar-refractivity contribution is 0.0487. The molecule has 0 aliphatic rings. The van der Waals surface area contributed by atoms with Crippen molar-refractivity contribution in [2.24, 2.45) is 4.99 Å². The molecule has 0 atom stereocenters. The third kappa shape index (κ3) is 11.1. The van der Waals surface area contributed by atoms with E-state index in [9.17, 15) is 0 Å². The summed E-state index contributed by atoms with van der Waals surface area (Å²) in [6.45, 7) is 9.73. The second-order valence-electron chi connectivity index (χ2n) is 5.95. The molecule has 6 nitrogen and oxygen atoms in total. The van der Waals surface area contributed by atoms with Gasteiger partial charge in [0.25, 0.3) is 0 Å². The van der Waals surface area contributed by atoms with Crippen molar-refractivity contribution >= 4 is 5.96 Å². The number of ether oxygens (including phenoxy) is 3. The summed E-state index contributed by atoms with van der Waals surface area (Å²) in [5.74, 6) is 0.799. The standard InChI is InChI=1S/C20H35N3O3/c1-4-6-11-25-13-14-26-12-10-22-20(21-5-2)23-16-18-8-7-9-19(15-18)17-24-3/h7-9,15H,4-6,10-14,16-17H2,1-3H3,(H2,21,22,23). The first-order valence-electron chi connectivity index (χ1n) is 9.54. The first-order chi connectivity index (χ1) is 12.8. The molecule has 0 saturated heterocycles. The first kappa shape index (κ1) is 22.4. The number of aliphatic imine (C=N–C) groups is 1. The van der Waals surface area contributed by atoms with E-state index in [4.69, 9.17) is 14.2 Å². The number of methoxy groups -OCH3 is 1. The second-order valence-corrected chi connectivity index (χ2v) is 5.95. The summed E-state index contributed by atoms with van der Waals surface area (Å²) in [6.07, 6.45) is 2.27. The van der Waals surface area contributed by atoms with Crippen LogP contribution in [0, 0.1) is 0 Å². The molecule has 0 amide bonds. The molecule has 0 aliphatic heterocycles. The van der Waals surface area contributed by atoms with Crippen LogP contribution in [0.15, 0.2) is 29.3 Å². The molecule has 0 spiro atoms. The van der Waals surface area contributed by atoms with Crippen molar-refractivity contribution in [3.05, 3.63) is 35.4 Å². The van der Waals surface area contributed by atoms with Crippen LogP contribution in [-0.4, -0.2) is 52.6 Å². The largest absolute Gasteiger partial charge is 0.380 e. The van der Waals surface area contributed by atoms with E-state index in [1.54, 1.807) is 7.11 Å². The van der Waals surface area contributed by atoms with Gasteiger partial charge < -0.3 is 24.8 Å². The third-order valence-electron chi connectivity index (χ3n) is 3.62. The van der Waals surface area contributed by atoms with Crippen molar-refractivity contribution in [1.82, 2.24) is 10.6 Å². The predicted octanol–water partition coefficient (Wildman–Crippen LogP) is 2.72. The topological polar surface area (TPSA) is 64.1 Å². The van der Waals surface area contributed by atoms with Crippen LogP contribution in [0.1, 0.15) is 37.8 Å². The molecule has 0 bridgehead atoms. The van der Waals surface area contributed by atoms with Gasteiger partial charge >= 0.3 is 0 Å². The van der Waals surface area contributed by atoms with E-state index in [2.05, 4.69) is 47.7 Å². The maximum absolute atomic E-state index is 5.56. The SMILES string of the molecule is CCCCOCCOCCNC(=NCc1cccc(COC)c1)NCC. The molecular formula is C20H35N3O3. The molecule has 1 rings (SSSR count). The van der Waals surface area contributed by atoms with Gasteiger partial charge in [-0.15, -0.1) is 0 Å². The van der Waals surface area contributed by atoms with Crippen LogP contribution in [0.25, 0.3) is 0 Å². The molecular weight excluding hydrogens is 330 g/mol.